The first-order valence-electron chi connectivity index (χ1n) is 11.4. The van der Waals surface area contributed by atoms with E-state index in [-0.39, 0.29) is 0 Å². The highest BCUT2D eigenvalue weighted by molar-refractivity contribution is 9.10. The molecule has 0 saturated heterocycles. The molecule has 4 aromatic rings. The number of fused-ring (bicyclic) bond motifs is 1. The number of benzene rings is 1. The van der Waals surface area contributed by atoms with Gasteiger partial charge in [-0.25, -0.2) is 4.98 Å². The smallest absolute Gasteiger partial charge is 0.173 e. The molecule has 1 aliphatic carbocycles. The minimum atomic E-state index is 0.443. The van der Waals surface area contributed by atoms with Gasteiger partial charge in [0.25, 0.3) is 0 Å². The molecule has 33 heavy (non-hydrogen) atoms. The lowest BCUT2D eigenvalue weighted by Gasteiger charge is -2.29. The Bertz CT molecular complexity index is 1200. The molecule has 8 heteroatoms. The number of aromatic nitrogens is 4. The fourth-order valence-electron chi connectivity index (χ4n) is 4.39. The summed E-state index contributed by atoms with van der Waals surface area (Å²) in [7, 11) is 2.05. The Morgan fingerprint density at radius 2 is 1.82 bits per heavy atom. The maximum atomic E-state index is 4.81. The molecule has 170 valence electrons. The highest BCUT2D eigenvalue weighted by atomic mass is 79.9. The summed E-state index contributed by atoms with van der Waals surface area (Å²) in [6.45, 7) is 0.686. The molecule has 0 spiro atoms. The number of nitrogens with one attached hydrogen (secondary N) is 3. The molecule has 7 nitrogen and oxygen atoms in total. The first-order valence-corrected chi connectivity index (χ1v) is 12.2. The standard InChI is InChI=1S/C25H28BrN7/c1-27-19-9-11-20(12-10-19)31-23-14-24(33-25(32-23)21(26)16-30-33)29-15-17-5-7-18(8-6-17)22-4-2-3-13-28-22/h2-8,13-14,16,19-20,27,29H,9-12,15H2,1H3,(H,31,32). The average Bonchev–Trinajstić information content (AvgIpc) is 3.24. The van der Waals surface area contributed by atoms with Crippen molar-refractivity contribution in [3.05, 3.63) is 71.0 Å². The van der Waals surface area contributed by atoms with E-state index >= 15 is 0 Å². The van der Waals surface area contributed by atoms with Crippen LogP contribution in [-0.2, 0) is 6.54 Å². The Hall–Kier alpha value is -2.97. The SMILES string of the molecule is CNC1CCC(Nc2cc(NCc3ccc(-c4ccccn4)cc3)n3ncc(Br)c3n2)CC1. The van der Waals surface area contributed by atoms with E-state index in [1.54, 1.807) is 6.20 Å². The Morgan fingerprint density at radius 3 is 2.55 bits per heavy atom. The van der Waals surface area contributed by atoms with Gasteiger partial charge in [-0.15, -0.1) is 0 Å². The van der Waals surface area contributed by atoms with E-state index in [2.05, 4.69) is 79.3 Å². The lowest BCUT2D eigenvalue weighted by atomic mass is 9.91. The van der Waals surface area contributed by atoms with Gasteiger partial charge in [0.05, 0.1) is 16.4 Å². The fourth-order valence-corrected chi connectivity index (χ4v) is 4.74. The molecule has 0 radical (unpaired) electrons. The topological polar surface area (TPSA) is 79.2 Å². The number of nitrogens with zero attached hydrogens (tertiary/aromatic N) is 4. The zero-order valence-electron chi connectivity index (χ0n) is 18.6. The highest BCUT2D eigenvalue weighted by Gasteiger charge is 2.21. The summed E-state index contributed by atoms with van der Waals surface area (Å²) in [5, 5.41) is 15.1. The summed E-state index contributed by atoms with van der Waals surface area (Å²) in [5.41, 5.74) is 4.08. The Kier molecular flexibility index (Phi) is 6.55. The second-order valence-corrected chi connectivity index (χ2v) is 9.36. The predicted octanol–water partition coefficient (Wildman–Crippen LogP) is 5.11. The van der Waals surface area contributed by atoms with Crippen molar-refractivity contribution in [3.8, 4) is 11.3 Å². The quantitative estimate of drug-likeness (QED) is 0.324. The largest absolute Gasteiger partial charge is 0.367 e. The Morgan fingerprint density at radius 1 is 1.03 bits per heavy atom. The highest BCUT2D eigenvalue weighted by Crippen LogP contribution is 2.26. The summed E-state index contributed by atoms with van der Waals surface area (Å²) < 4.78 is 2.72. The zero-order chi connectivity index (χ0) is 22.6. The number of halogens is 1. The van der Waals surface area contributed by atoms with Crippen molar-refractivity contribution in [2.24, 2.45) is 0 Å². The number of hydrogen-bond acceptors (Lipinski definition) is 6. The van der Waals surface area contributed by atoms with E-state index in [0.29, 0.717) is 18.6 Å². The van der Waals surface area contributed by atoms with Crippen LogP contribution in [0.15, 0.2) is 65.4 Å². The van der Waals surface area contributed by atoms with Crippen molar-refractivity contribution >= 4 is 33.2 Å². The normalized spacial score (nSPS) is 18.4. The van der Waals surface area contributed by atoms with Crippen molar-refractivity contribution in [2.75, 3.05) is 17.7 Å². The third-order valence-electron chi connectivity index (χ3n) is 6.30. The first-order chi connectivity index (χ1) is 16.2. The van der Waals surface area contributed by atoms with E-state index in [1.165, 1.54) is 18.4 Å². The van der Waals surface area contributed by atoms with Gasteiger partial charge in [-0.2, -0.15) is 9.61 Å². The van der Waals surface area contributed by atoms with Gasteiger partial charge >= 0.3 is 0 Å². The predicted molar refractivity (Wildman–Crippen MR) is 136 cm³/mol. The molecule has 0 unspecified atom stereocenters. The van der Waals surface area contributed by atoms with E-state index in [0.717, 1.165) is 45.9 Å². The molecule has 1 saturated carbocycles. The van der Waals surface area contributed by atoms with Crippen LogP contribution in [0.4, 0.5) is 11.6 Å². The molecule has 0 amide bonds. The molecule has 5 rings (SSSR count). The van der Waals surface area contributed by atoms with Gasteiger partial charge in [0.2, 0.25) is 0 Å². The van der Waals surface area contributed by atoms with Crippen LogP contribution >= 0.6 is 15.9 Å². The van der Waals surface area contributed by atoms with Crippen molar-refractivity contribution in [1.82, 2.24) is 24.9 Å². The lowest BCUT2D eigenvalue weighted by molar-refractivity contribution is 0.371. The third-order valence-corrected chi connectivity index (χ3v) is 6.86. The third kappa shape index (κ3) is 5.02. The van der Waals surface area contributed by atoms with Gasteiger partial charge in [-0.1, -0.05) is 30.3 Å². The van der Waals surface area contributed by atoms with Crippen LogP contribution in [0.1, 0.15) is 31.2 Å². The van der Waals surface area contributed by atoms with Crippen LogP contribution in [0, 0.1) is 0 Å². The molecule has 3 heterocycles. The molecular weight excluding hydrogens is 478 g/mol. The summed E-state index contributed by atoms with van der Waals surface area (Å²) >= 11 is 3.59. The Labute approximate surface area is 202 Å². The summed E-state index contributed by atoms with van der Waals surface area (Å²) in [5.74, 6) is 1.79. The van der Waals surface area contributed by atoms with Gasteiger partial charge in [0.1, 0.15) is 11.6 Å². The van der Waals surface area contributed by atoms with Gasteiger partial charge in [0.15, 0.2) is 5.65 Å². The van der Waals surface area contributed by atoms with Crippen molar-refractivity contribution in [1.29, 1.82) is 0 Å². The summed E-state index contributed by atoms with van der Waals surface area (Å²) in [6.07, 6.45) is 8.27. The van der Waals surface area contributed by atoms with Crippen LogP contribution in [0.25, 0.3) is 16.9 Å². The molecule has 1 aromatic carbocycles. The van der Waals surface area contributed by atoms with Gasteiger partial charge in [-0.3, -0.25) is 4.98 Å². The van der Waals surface area contributed by atoms with Crippen LogP contribution in [0.5, 0.6) is 0 Å². The minimum Gasteiger partial charge on any atom is -0.367 e. The Balaban J connectivity index is 1.31. The average molecular weight is 506 g/mol. The van der Waals surface area contributed by atoms with Crippen molar-refractivity contribution in [2.45, 2.75) is 44.3 Å². The van der Waals surface area contributed by atoms with Gasteiger partial charge in [-0.05, 0) is 66.4 Å². The fraction of sp³-hybridized carbons (Fsp3) is 0.320. The molecule has 0 aliphatic heterocycles. The van der Waals surface area contributed by atoms with Crippen LogP contribution in [0.2, 0.25) is 0 Å². The molecular formula is C25H28BrN7. The number of pyridine rings is 1. The van der Waals surface area contributed by atoms with E-state index in [9.17, 15) is 0 Å². The van der Waals surface area contributed by atoms with E-state index in [4.69, 9.17) is 4.98 Å². The molecule has 3 aromatic heterocycles. The summed E-state index contributed by atoms with van der Waals surface area (Å²) in [4.78, 5) is 9.23. The van der Waals surface area contributed by atoms with Crippen LogP contribution in [-0.4, -0.2) is 38.7 Å². The first kappa shape index (κ1) is 21.9. The summed E-state index contributed by atoms with van der Waals surface area (Å²) in [6, 6.07) is 17.6. The molecule has 1 fully saturated rings. The van der Waals surface area contributed by atoms with Crippen molar-refractivity contribution in [3.63, 3.8) is 0 Å². The maximum Gasteiger partial charge on any atom is 0.173 e. The van der Waals surface area contributed by atoms with Crippen LogP contribution < -0.4 is 16.0 Å². The van der Waals surface area contributed by atoms with Gasteiger partial charge in [0, 0.05) is 36.5 Å². The second kappa shape index (κ2) is 9.89. The second-order valence-electron chi connectivity index (χ2n) is 8.50. The number of hydrogen-bond donors (Lipinski definition) is 3. The van der Waals surface area contributed by atoms with E-state index in [1.807, 2.05) is 28.9 Å². The molecule has 0 atom stereocenters. The van der Waals surface area contributed by atoms with E-state index < -0.39 is 0 Å². The zero-order valence-corrected chi connectivity index (χ0v) is 20.2. The maximum absolute atomic E-state index is 4.81. The molecule has 0 bridgehead atoms. The lowest BCUT2D eigenvalue weighted by Crippen LogP contribution is -2.35. The molecule has 1 aliphatic rings. The monoisotopic (exact) mass is 505 g/mol. The number of rotatable bonds is 7. The number of anilines is 2. The van der Waals surface area contributed by atoms with Gasteiger partial charge < -0.3 is 16.0 Å². The van der Waals surface area contributed by atoms with Crippen LogP contribution in [0.3, 0.4) is 0 Å². The minimum absolute atomic E-state index is 0.443. The molecule has 3 N–H and O–H groups in total. The van der Waals surface area contributed by atoms with Crippen molar-refractivity contribution < 1.29 is 0 Å².